The van der Waals surface area contributed by atoms with Crippen molar-refractivity contribution in [2.24, 2.45) is 0 Å². The average molecular weight is 121 g/mol. The van der Waals surface area contributed by atoms with Crippen molar-refractivity contribution in [2.45, 2.75) is 20.8 Å². The molecule has 0 amide bonds. The minimum Gasteiger partial charge on any atom is -0.192 e. The molecular weight excluding hydrogens is 110 g/mol. The zero-order chi connectivity index (χ0) is 7.44. The first-order chi connectivity index (χ1) is 4.09. The number of allylic oxidation sites excluding steroid dienone is 3. The van der Waals surface area contributed by atoms with Crippen molar-refractivity contribution < 1.29 is 0 Å². The van der Waals surface area contributed by atoms with E-state index in [0.29, 0.717) is 0 Å². The van der Waals surface area contributed by atoms with E-state index < -0.39 is 0 Å². The molecule has 0 saturated carbocycles. The summed E-state index contributed by atoms with van der Waals surface area (Å²) in [5, 5.41) is 8.50. The Bertz CT molecular complexity index is 187. The first-order valence-corrected chi connectivity index (χ1v) is 2.83. The van der Waals surface area contributed by atoms with Gasteiger partial charge in [0.25, 0.3) is 0 Å². The monoisotopic (exact) mass is 121 g/mol. The number of rotatable bonds is 1. The Labute approximate surface area is 56.3 Å². The van der Waals surface area contributed by atoms with Crippen molar-refractivity contribution in [1.29, 1.82) is 5.26 Å². The molecule has 0 heterocycles. The predicted molar refractivity (Wildman–Crippen MR) is 38.8 cm³/mol. The van der Waals surface area contributed by atoms with E-state index in [0.717, 1.165) is 16.7 Å². The molecule has 0 spiro atoms. The summed E-state index contributed by atoms with van der Waals surface area (Å²) in [6, 6.07) is 2.08. The lowest BCUT2D eigenvalue weighted by atomic mass is 10.1. The van der Waals surface area contributed by atoms with Crippen molar-refractivity contribution in [2.75, 3.05) is 0 Å². The molecule has 9 heavy (non-hydrogen) atoms. The van der Waals surface area contributed by atoms with Crippen LogP contribution in [0.2, 0.25) is 0 Å². The molecule has 0 saturated heterocycles. The molecule has 0 aliphatic heterocycles. The lowest BCUT2D eigenvalue weighted by molar-refractivity contribution is 1.28. The van der Waals surface area contributed by atoms with E-state index in [9.17, 15) is 0 Å². The Morgan fingerprint density at radius 2 is 1.78 bits per heavy atom. The van der Waals surface area contributed by atoms with Crippen LogP contribution in [-0.4, -0.2) is 0 Å². The van der Waals surface area contributed by atoms with Gasteiger partial charge >= 0.3 is 0 Å². The van der Waals surface area contributed by atoms with Crippen molar-refractivity contribution >= 4 is 0 Å². The quantitative estimate of drug-likeness (QED) is 0.386. The van der Waals surface area contributed by atoms with Crippen LogP contribution in [0, 0.1) is 11.3 Å². The fourth-order valence-corrected chi connectivity index (χ4v) is 0.634. The average Bonchev–Trinajstić information content (AvgIpc) is 1.64. The molecule has 1 nitrogen and oxygen atoms in total. The number of hydrogen-bond donors (Lipinski definition) is 0. The molecular formula is C8H11N. The Morgan fingerprint density at radius 3 is 1.78 bits per heavy atom. The third-order valence-corrected chi connectivity index (χ3v) is 1.04. The van der Waals surface area contributed by atoms with Crippen LogP contribution < -0.4 is 0 Å². The van der Waals surface area contributed by atoms with Crippen molar-refractivity contribution in [1.82, 2.24) is 0 Å². The van der Waals surface area contributed by atoms with Crippen LogP contribution in [-0.2, 0) is 0 Å². The SMILES string of the molecule is C=C(C)C(C#N)=C(C)C. The molecule has 0 aromatic carbocycles. The van der Waals surface area contributed by atoms with Gasteiger partial charge in [-0.3, -0.25) is 0 Å². The van der Waals surface area contributed by atoms with Crippen LogP contribution >= 0.6 is 0 Å². The minimum atomic E-state index is 0.718. The summed E-state index contributed by atoms with van der Waals surface area (Å²) in [5.41, 5.74) is 2.59. The van der Waals surface area contributed by atoms with Gasteiger partial charge in [0.05, 0.1) is 11.6 Å². The molecule has 48 valence electrons. The number of nitriles is 1. The van der Waals surface area contributed by atoms with Crippen LogP contribution in [0.3, 0.4) is 0 Å². The molecule has 0 unspecified atom stereocenters. The van der Waals surface area contributed by atoms with Crippen LogP contribution in [0.4, 0.5) is 0 Å². The predicted octanol–water partition coefficient (Wildman–Crippen LogP) is 2.42. The van der Waals surface area contributed by atoms with Gasteiger partial charge < -0.3 is 0 Å². The highest BCUT2D eigenvalue weighted by molar-refractivity contribution is 5.41. The second-order valence-electron chi connectivity index (χ2n) is 2.27. The molecule has 0 aliphatic carbocycles. The summed E-state index contributed by atoms with van der Waals surface area (Å²) < 4.78 is 0. The lowest BCUT2D eigenvalue weighted by Gasteiger charge is -1.96. The zero-order valence-corrected chi connectivity index (χ0v) is 6.15. The maximum Gasteiger partial charge on any atom is 0.0993 e. The summed E-state index contributed by atoms with van der Waals surface area (Å²) in [7, 11) is 0. The van der Waals surface area contributed by atoms with E-state index in [2.05, 4.69) is 12.6 Å². The molecule has 0 aromatic heterocycles. The van der Waals surface area contributed by atoms with Crippen molar-refractivity contribution in [3.63, 3.8) is 0 Å². The molecule has 1 heteroatoms. The number of hydrogen-bond acceptors (Lipinski definition) is 1. The van der Waals surface area contributed by atoms with Gasteiger partial charge in [-0.25, -0.2) is 0 Å². The Balaban J connectivity index is 4.62. The van der Waals surface area contributed by atoms with Gasteiger partial charge in [-0.15, -0.1) is 0 Å². The summed E-state index contributed by atoms with van der Waals surface area (Å²) >= 11 is 0. The van der Waals surface area contributed by atoms with Gasteiger partial charge in [-0.2, -0.15) is 5.26 Å². The second-order valence-corrected chi connectivity index (χ2v) is 2.27. The molecule has 0 N–H and O–H groups in total. The molecule has 0 aliphatic rings. The van der Waals surface area contributed by atoms with Gasteiger partial charge in [-0.1, -0.05) is 12.2 Å². The van der Waals surface area contributed by atoms with Crippen molar-refractivity contribution in [3.8, 4) is 6.07 Å². The van der Waals surface area contributed by atoms with Gasteiger partial charge in [-0.05, 0) is 26.3 Å². The van der Waals surface area contributed by atoms with Crippen LogP contribution in [0.15, 0.2) is 23.3 Å². The Kier molecular flexibility index (Phi) is 2.73. The van der Waals surface area contributed by atoms with Gasteiger partial charge in [0.2, 0.25) is 0 Å². The molecule has 0 atom stereocenters. The van der Waals surface area contributed by atoms with Crippen LogP contribution in [0.25, 0.3) is 0 Å². The standard InChI is InChI=1S/C8H11N/c1-6(2)8(5-9)7(3)4/h1H2,2-4H3. The van der Waals surface area contributed by atoms with Gasteiger partial charge in [0, 0.05) is 0 Å². The first-order valence-electron chi connectivity index (χ1n) is 2.83. The Morgan fingerprint density at radius 1 is 1.33 bits per heavy atom. The lowest BCUT2D eigenvalue weighted by Crippen LogP contribution is -1.81. The molecule has 0 radical (unpaired) electrons. The van der Waals surface area contributed by atoms with Crippen LogP contribution in [0.5, 0.6) is 0 Å². The second kappa shape index (κ2) is 3.09. The van der Waals surface area contributed by atoms with E-state index >= 15 is 0 Å². The van der Waals surface area contributed by atoms with E-state index in [-0.39, 0.29) is 0 Å². The van der Waals surface area contributed by atoms with Crippen molar-refractivity contribution in [3.05, 3.63) is 23.3 Å². The van der Waals surface area contributed by atoms with E-state index in [1.54, 1.807) is 0 Å². The normalized spacial score (nSPS) is 7.78. The Hall–Kier alpha value is -1.03. The molecule has 0 rings (SSSR count). The summed E-state index contributed by atoms with van der Waals surface area (Å²) in [5.74, 6) is 0. The summed E-state index contributed by atoms with van der Waals surface area (Å²) in [6.07, 6.45) is 0. The molecule has 0 bridgehead atoms. The maximum atomic E-state index is 8.50. The van der Waals surface area contributed by atoms with Gasteiger partial charge in [0.15, 0.2) is 0 Å². The van der Waals surface area contributed by atoms with E-state index in [1.165, 1.54) is 0 Å². The van der Waals surface area contributed by atoms with Crippen LogP contribution in [0.1, 0.15) is 20.8 Å². The minimum absolute atomic E-state index is 0.718. The third kappa shape index (κ3) is 2.14. The highest BCUT2D eigenvalue weighted by Crippen LogP contribution is 2.09. The fraction of sp³-hybridized carbons (Fsp3) is 0.375. The van der Waals surface area contributed by atoms with E-state index in [1.807, 2.05) is 20.8 Å². The molecule has 0 fully saturated rings. The summed E-state index contributed by atoms with van der Waals surface area (Å²) in [4.78, 5) is 0. The topological polar surface area (TPSA) is 23.8 Å². The van der Waals surface area contributed by atoms with E-state index in [4.69, 9.17) is 5.26 Å². The highest BCUT2D eigenvalue weighted by Gasteiger charge is 1.95. The highest BCUT2D eigenvalue weighted by atomic mass is 14.2. The van der Waals surface area contributed by atoms with Gasteiger partial charge in [0.1, 0.15) is 0 Å². The first kappa shape index (κ1) is 7.97. The summed E-state index contributed by atoms with van der Waals surface area (Å²) in [6.45, 7) is 9.33. The third-order valence-electron chi connectivity index (χ3n) is 1.04. The molecule has 0 aromatic rings. The largest absolute Gasteiger partial charge is 0.192 e. The maximum absolute atomic E-state index is 8.50. The number of nitrogens with zero attached hydrogens (tertiary/aromatic N) is 1. The smallest absolute Gasteiger partial charge is 0.0993 e. The zero-order valence-electron chi connectivity index (χ0n) is 6.15. The fourth-order valence-electron chi connectivity index (χ4n) is 0.634.